The zero-order valence-corrected chi connectivity index (χ0v) is 24.0. The number of rotatable bonds is 12. The molecule has 0 aliphatic rings. The quantitative estimate of drug-likeness (QED) is 0.140. The minimum atomic E-state index is -0.888. The first-order valence-corrected chi connectivity index (χ1v) is 14.3. The standard InChI is InChI=1S/C25H23ClFN5O4S3/c1-13(2)36-21-10-20-17(23(29-12-28-20)30-15-3-4-19(27)18(26)9-15)8-14(21)7-16(33)11-32-25(37)39-24(31-32)38-6-5-22(34)35/h3-4,8-10,12-13H,5-7,11H2,1-2H3,(H,34,35)(H,28,29,30). The maximum Gasteiger partial charge on any atom is 0.304 e. The minimum absolute atomic E-state index is 0.00525. The molecule has 0 aliphatic carbocycles. The van der Waals surface area contributed by atoms with E-state index in [-0.39, 0.29) is 36.3 Å². The number of nitrogens with zero attached hydrogens (tertiary/aromatic N) is 4. The lowest BCUT2D eigenvalue weighted by molar-refractivity contribution is -0.136. The van der Waals surface area contributed by atoms with E-state index in [0.29, 0.717) is 47.8 Å². The number of thioether (sulfide) groups is 1. The SMILES string of the molecule is CC(C)Oc1cc2ncnc(Nc3ccc(F)c(Cl)c3)c2cc1CC(=O)Cn1nc(SCCC(=O)O)sc1=S. The fourth-order valence-corrected chi connectivity index (χ4v) is 6.06. The zero-order valence-electron chi connectivity index (χ0n) is 20.8. The molecule has 0 fully saturated rings. The van der Waals surface area contributed by atoms with Gasteiger partial charge in [-0.05, 0) is 50.3 Å². The summed E-state index contributed by atoms with van der Waals surface area (Å²) < 4.78 is 22.1. The molecule has 2 aromatic heterocycles. The molecule has 2 N–H and O–H groups in total. The van der Waals surface area contributed by atoms with Gasteiger partial charge in [0.1, 0.15) is 30.3 Å². The van der Waals surface area contributed by atoms with Crippen molar-refractivity contribution in [2.24, 2.45) is 0 Å². The van der Waals surface area contributed by atoms with Crippen LogP contribution in [-0.4, -0.2) is 48.5 Å². The minimum Gasteiger partial charge on any atom is -0.491 e. The summed E-state index contributed by atoms with van der Waals surface area (Å²) in [7, 11) is 0. The third-order valence-electron chi connectivity index (χ3n) is 5.21. The number of hydrogen-bond acceptors (Lipinski definition) is 10. The molecule has 2 heterocycles. The monoisotopic (exact) mass is 607 g/mol. The Labute approximate surface area is 241 Å². The van der Waals surface area contributed by atoms with E-state index < -0.39 is 11.8 Å². The van der Waals surface area contributed by atoms with Crippen molar-refractivity contribution in [3.05, 3.63) is 57.0 Å². The highest BCUT2D eigenvalue weighted by Crippen LogP contribution is 2.32. The van der Waals surface area contributed by atoms with Crippen molar-refractivity contribution < 1.29 is 23.8 Å². The van der Waals surface area contributed by atoms with Crippen molar-refractivity contribution in [3.8, 4) is 5.75 Å². The average molecular weight is 608 g/mol. The molecule has 0 aliphatic heterocycles. The highest BCUT2D eigenvalue weighted by Gasteiger charge is 2.17. The number of carboxylic acids is 1. The second-order valence-corrected chi connectivity index (χ2v) is 12.0. The number of carbonyl (C=O) groups excluding carboxylic acids is 1. The van der Waals surface area contributed by atoms with Crippen LogP contribution >= 0.6 is 46.9 Å². The highest BCUT2D eigenvalue weighted by molar-refractivity contribution is 8.01. The van der Waals surface area contributed by atoms with E-state index in [1.807, 2.05) is 13.8 Å². The Balaban J connectivity index is 1.59. The Morgan fingerprint density at radius 3 is 2.79 bits per heavy atom. The van der Waals surface area contributed by atoms with Gasteiger partial charge in [0, 0.05) is 34.9 Å². The van der Waals surface area contributed by atoms with Crippen molar-refractivity contribution in [1.29, 1.82) is 0 Å². The molecule has 0 saturated carbocycles. The number of aromatic nitrogens is 4. The highest BCUT2D eigenvalue weighted by atomic mass is 35.5. The smallest absolute Gasteiger partial charge is 0.304 e. The van der Waals surface area contributed by atoms with Gasteiger partial charge in [0.2, 0.25) is 0 Å². The van der Waals surface area contributed by atoms with Crippen LogP contribution in [0.5, 0.6) is 5.75 Å². The van der Waals surface area contributed by atoms with E-state index >= 15 is 0 Å². The number of carbonyl (C=O) groups is 2. The molecule has 4 rings (SSSR count). The molecular formula is C25H23ClFN5O4S3. The number of hydrogen-bond donors (Lipinski definition) is 2. The molecule has 0 radical (unpaired) electrons. The van der Waals surface area contributed by atoms with Crippen molar-refractivity contribution in [2.45, 2.75) is 43.7 Å². The normalized spacial score (nSPS) is 11.2. The second kappa shape index (κ2) is 12.8. The first-order chi connectivity index (χ1) is 18.6. The molecule has 0 bridgehead atoms. The summed E-state index contributed by atoms with van der Waals surface area (Å²) in [5.41, 5.74) is 1.77. The molecule has 0 saturated heterocycles. The van der Waals surface area contributed by atoms with Gasteiger partial charge in [-0.15, -0.1) is 0 Å². The van der Waals surface area contributed by atoms with Gasteiger partial charge >= 0.3 is 5.97 Å². The van der Waals surface area contributed by atoms with Gasteiger partial charge in [0.05, 0.1) is 23.1 Å². The molecule has 204 valence electrons. The zero-order chi connectivity index (χ0) is 28.1. The summed E-state index contributed by atoms with van der Waals surface area (Å²) >= 11 is 13.8. The number of nitrogens with one attached hydrogen (secondary N) is 1. The largest absolute Gasteiger partial charge is 0.491 e. The summed E-state index contributed by atoms with van der Waals surface area (Å²) in [4.78, 5) is 32.6. The lowest BCUT2D eigenvalue weighted by Gasteiger charge is -2.16. The van der Waals surface area contributed by atoms with Gasteiger partial charge in [-0.1, -0.05) is 34.7 Å². The number of ether oxygens (including phenoxy) is 1. The van der Waals surface area contributed by atoms with Crippen LogP contribution < -0.4 is 10.1 Å². The molecule has 0 atom stereocenters. The second-order valence-electron chi connectivity index (χ2n) is 8.62. The number of benzene rings is 2. The van der Waals surface area contributed by atoms with Crippen LogP contribution in [0.1, 0.15) is 25.8 Å². The summed E-state index contributed by atoms with van der Waals surface area (Å²) in [5.74, 6) is -0.230. The molecule has 0 amide bonds. The van der Waals surface area contributed by atoms with Gasteiger partial charge in [-0.25, -0.2) is 19.0 Å². The van der Waals surface area contributed by atoms with Crippen molar-refractivity contribution in [3.63, 3.8) is 0 Å². The Hall–Kier alpha value is -3.13. The van der Waals surface area contributed by atoms with Crippen LogP contribution in [-0.2, 0) is 22.6 Å². The van der Waals surface area contributed by atoms with Gasteiger partial charge < -0.3 is 15.2 Å². The molecule has 4 aromatic rings. The number of ketones is 1. The van der Waals surface area contributed by atoms with Gasteiger partial charge in [-0.2, -0.15) is 5.10 Å². The lowest BCUT2D eigenvalue weighted by Crippen LogP contribution is -2.15. The molecule has 0 spiro atoms. The molecule has 0 unspecified atom stereocenters. The third-order valence-corrected chi connectivity index (χ3v) is 7.94. The van der Waals surface area contributed by atoms with Crippen LogP contribution in [0.4, 0.5) is 15.9 Å². The maximum atomic E-state index is 13.6. The molecule has 2 aromatic carbocycles. The topological polar surface area (TPSA) is 119 Å². The fraction of sp³-hybridized carbons (Fsp3) is 0.280. The van der Waals surface area contributed by atoms with Crippen molar-refractivity contribution in [2.75, 3.05) is 11.1 Å². The van der Waals surface area contributed by atoms with Gasteiger partial charge in [0.15, 0.2) is 14.1 Å². The molecule has 39 heavy (non-hydrogen) atoms. The van der Waals surface area contributed by atoms with E-state index in [4.69, 9.17) is 33.7 Å². The van der Waals surface area contributed by atoms with Crippen LogP contribution in [0.25, 0.3) is 10.9 Å². The number of halogens is 2. The van der Waals surface area contributed by atoms with E-state index in [9.17, 15) is 14.0 Å². The average Bonchev–Trinajstić information content (AvgIpc) is 3.20. The van der Waals surface area contributed by atoms with E-state index in [0.717, 1.165) is 0 Å². The van der Waals surface area contributed by atoms with E-state index in [1.54, 1.807) is 18.2 Å². The van der Waals surface area contributed by atoms with Crippen LogP contribution in [0, 0.1) is 9.77 Å². The molecule has 14 heteroatoms. The van der Waals surface area contributed by atoms with E-state index in [2.05, 4.69) is 20.4 Å². The third kappa shape index (κ3) is 7.72. The molecule has 9 nitrogen and oxygen atoms in total. The Morgan fingerprint density at radius 2 is 2.08 bits per heavy atom. The first kappa shape index (κ1) is 28.9. The van der Waals surface area contributed by atoms with Gasteiger partial charge in [0.25, 0.3) is 0 Å². The summed E-state index contributed by atoms with van der Waals surface area (Å²) in [6.07, 6.45) is 1.30. The Bertz CT molecular complexity index is 1590. The predicted octanol–water partition coefficient (Wildman–Crippen LogP) is 6.32. The predicted molar refractivity (Wildman–Crippen MR) is 153 cm³/mol. The lowest BCUT2D eigenvalue weighted by atomic mass is 10.0. The summed E-state index contributed by atoms with van der Waals surface area (Å²) in [6.45, 7) is 3.73. The van der Waals surface area contributed by atoms with Crippen molar-refractivity contribution in [1.82, 2.24) is 19.7 Å². The van der Waals surface area contributed by atoms with Crippen LogP contribution in [0.3, 0.4) is 0 Å². The van der Waals surface area contributed by atoms with Gasteiger partial charge in [-0.3, -0.25) is 9.59 Å². The Kier molecular flexibility index (Phi) is 9.49. The number of carboxylic acid groups (broad SMARTS) is 1. The van der Waals surface area contributed by atoms with Crippen LogP contribution in [0.2, 0.25) is 5.02 Å². The maximum absolute atomic E-state index is 13.6. The van der Waals surface area contributed by atoms with E-state index in [1.165, 1.54) is 46.2 Å². The van der Waals surface area contributed by atoms with Crippen LogP contribution in [0.15, 0.2) is 41.0 Å². The first-order valence-electron chi connectivity index (χ1n) is 11.7. The number of Topliss-reactive ketones (excluding diaryl/α,β-unsaturated/α-hetero) is 1. The Morgan fingerprint density at radius 1 is 1.28 bits per heavy atom. The summed E-state index contributed by atoms with van der Waals surface area (Å²) in [6, 6.07) is 7.81. The molecular weight excluding hydrogens is 585 g/mol. The summed E-state index contributed by atoms with van der Waals surface area (Å²) in [5, 5.41) is 16.9. The number of aliphatic carboxylic acids is 1. The fourth-order valence-electron chi connectivity index (χ4n) is 3.55. The number of anilines is 2. The van der Waals surface area contributed by atoms with Crippen molar-refractivity contribution >= 4 is 81.1 Å². The number of fused-ring (bicyclic) bond motifs is 1.